The topological polar surface area (TPSA) is 50.2 Å². The van der Waals surface area contributed by atoms with Crippen LogP contribution < -0.4 is 5.32 Å². The number of imidazole rings is 1. The highest BCUT2D eigenvalue weighted by Gasteiger charge is 2.33. The summed E-state index contributed by atoms with van der Waals surface area (Å²) in [6.07, 6.45) is 2.01. The maximum Gasteiger partial charge on any atom is 0.318 e. The van der Waals surface area contributed by atoms with Crippen LogP contribution >= 0.6 is 0 Å². The molecule has 3 rings (SSSR count). The Bertz CT molecular complexity index is 676. The Labute approximate surface area is 131 Å². The first kappa shape index (κ1) is 14.9. The zero-order valence-corrected chi connectivity index (χ0v) is 13.5. The number of hydrogen-bond acceptors (Lipinski definition) is 2. The van der Waals surface area contributed by atoms with Crippen LogP contribution in [0.25, 0.3) is 11.0 Å². The van der Waals surface area contributed by atoms with Crippen molar-refractivity contribution in [3.8, 4) is 0 Å². The highest BCUT2D eigenvalue weighted by molar-refractivity contribution is 5.77. The molecule has 2 amide bonds. The molecule has 2 aromatic rings. The van der Waals surface area contributed by atoms with E-state index < -0.39 is 0 Å². The number of urea groups is 1. The fraction of sp³-hybridized carbons (Fsp3) is 0.529. The molecular formula is C17H24N4O. The van der Waals surface area contributed by atoms with Crippen molar-refractivity contribution in [2.45, 2.75) is 52.2 Å². The van der Waals surface area contributed by atoms with Gasteiger partial charge in [-0.3, -0.25) is 0 Å². The number of hydrogen-bond donors (Lipinski definition) is 1. The van der Waals surface area contributed by atoms with Gasteiger partial charge < -0.3 is 14.8 Å². The van der Waals surface area contributed by atoms with Crippen molar-refractivity contribution >= 4 is 17.1 Å². The molecule has 2 heterocycles. The molecule has 1 saturated heterocycles. The number of para-hydroxylation sites is 2. The van der Waals surface area contributed by atoms with Gasteiger partial charge in [-0.25, -0.2) is 9.78 Å². The number of fused-ring (bicyclic) bond motifs is 1. The molecule has 0 aliphatic carbocycles. The first-order valence-corrected chi connectivity index (χ1v) is 8.14. The van der Waals surface area contributed by atoms with Crippen molar-refractivity contribution in [3.05, 3.63) is 30.1 Å². The number of rotatable bonds is 3. The fourth-order valence-corrected chi connectivity index (χ4v) is 3.29. The second-order valence-corrected chi connectivity index (χ2v) is 6.16. The lowest BCUT2D eigenvalue weighted by atomic mass is 10.2. The van der Waals surface area contributed by atoms with Crippen molar-refractivity contribution in [2.75, 3.05) is 6.54 Å². The van der Waals surface area contributed by atoms with E-state index in [4.69, 9.17) is 4.98 Å². The van der Waals surface area contributed by atoms with Gasteiger partial charge in [0.05, 0.1) is 17.1 Å². The van der Waals surface area contributed by atoms with Crippen LogP contribution in [0, 0.1) is 0 Å². The highest BCUT2D eigenvalue weighted by Crippen LogP contribution is 2.33. The van der Waals surface area contributed by atoms with E-state index in [-0.39, 0.29) is 18.1 Å². The van der Waals surface area contributed by atoms with E-state index in [1.165, 1.54) is 0 Å². The molecular weight excluding hydrogens is 276 g/mol. The fourth-order valence-electron chi connectivity index (χ4n) is 3.29. The minimum absolute atomic E-state index is 0.0206. The Hall–Kier alpha value is -2.04. The van der Waals surface area contributed by atoms with E-state index in [0.29, 0.717) is 0 Å². The van der Waals surface area contributed by atoms with Gasteiger partial charge in [-0.05, 0) is 45.7 Å². The molecule has 0 saturated carbocycles. The van der Waals surface area contributed by atoms with Gasteiger partial charge in [0.25, 0.3) is 0 Å². The monoisotopic (exact) mass is 300 g/mol. The molecule has 1 aromatic heterocycles. The quantitative estimate of drug-likeness (QED) is 0.945. The number of benzene rings is 1. The van der Waals surface area contributed by atoms with E-state index in [2.05, 4.69) is 22.9 Å². The molecule has 118 valence electrons. The number of amides is 2. The van der Waals surface area contributed by atoms with Gasteiger partial charge in [-0.2, -0.15) is 0 Å². The van der Waals surface area contributed by atoms with Crippen LogP contribution in [-0.4, -0.2) is 33.1 Å². The Morgan fingerprint density at radius 3 is 2.91 bits per heavy atom. The molecule has 1 atom stereocenters. The average Bonchev–Trinajstić information content (AvgIpc) is 3.10. The third kappa shape index (κ3) is 2.56. The average molecular weight is 300 g/mol. The van der Waals surface area contributed by atoms with Crippen molar-refractivity contribution < 1.29 is 4.79 Å². The van der Waals surface area contributed by atoms with E-state index in [0.717, 1.165) is 42.8 Å². The summed E-state index contributed by atoms with van der Waals surface area (Å²) in [7, 11) is 0. The molecule has 1 aliphatic heterocycles. The third-order valence-corrected chi connectivity index (χ3v) is 4.22. The number of aryl methyl sites for hydroxylation is 1. The van der Waals surface area contributed by atoms with Crippen molar-refractivity contribution in [3.63, 3.8) is 0 Å². The van der Waals surface area contributed by atoms with E-state index in [1.54, 1.807) is 0 Å². The normalized spacial score (nSPS) is 18.4. The van der Waals surface area contributed by atoms with Crippen LogP contribution in [0.1, 0.15) is 45.5 Å². The maximum atomic E-state index is 12.4. The van der Waals surface area contributed by atoms with Gasteiger partial charge in [0.2, 0.25) is 0 Å². The van der Waals surface area contributed by atoms with Gasteiger partial charge in [0.15, 0.2) is 0 Å². The van der Waals surface area contributed by atoms with E-state index in [9.17, 15) is 4.79 Å². The zero-order chi connectivity index (χ0) is 15.7. The predicted octanol–water partition coefficient (Wildman–Crippen LogP) is 3.31. The second-order valence-electron chi connectivity index (χ2n) is 6.16. The Kier molecular flexibility index (Phi) is 4.05. The molecule has 0 unspecified atom stereocenters. The number of nitrogens with zero attached hydrogens (tertiary/aromatic N) is 3. The summed E-state index contributed by atoms with van der Waals surface area (Å²) in [5.41, 5.74) is 2.16. The molecule has 0 radical (unpaired) electrons. The van der Waals surface area contributed by atoms with Crippen molar-refractivity contribution in [1.29, 1.82) is 0 Å². The van der Waals surface area contributed by atoms with Gasteiger partial charge >= 0.3 is 6.03 Å². The molecule has 0 spiro atoms. The van der Waals surface area contributed by atoms with E-state index in [1.807, 2.05) is 36.9 Å². The summed E-state index contributed by atoms with van der Waals surface area (Å²) < 4.78 is 2.24. The lowest BCUT2D eigenvalue weighted by Crippen LogP contribution is -2.43. The molecule has 1 aliphatic rings. The van der Waals surface area contributed by atoms with Gasteiger partial charge in [0, 0.05) is 19.1 Å². The predicted molar refractivity (Wildman–Crippen MR) is 87.8 cm³/mol. The summed E-state index contributed by atoms with van der Waals surface area (Å²) >= 11 is 0. The van der Waals surface area contributed by atoms with Crippen molar-refractivity contribution in [1.82, 2.24) is 19.8 Å². The Morgan fingerprint density at radius 1 is 1.41 bits per heavy atom. The molecule has 5 nitrogen and oxygen atoms in total. The molecule has 0 bridgehead atoms. The minimum Gasteiger partial charge on any atom is -0.336 e. The highest BCUT2D eigenvalue weighted by atomic mass is 16.2. The van der Waals surface area contributed by atoms with Crippen LogP contribution in [0.15, 0.2) is 24.3 Å². The summed E-state index contributed by atoms with van der Waals surface area (Å²) in [6, 6.07) is 8.44. The third-order valence-electron chi connectivity index (χ3n) is 4.22. The van der Waals surface area contributed by atoms with Crippen LogP contribution in [0.2, 0.25) is 0 Å². The number of likely N-dealkylation sites (tertiary alicyclic amines) is 1. The lowest BCUT2D eigenvalue weighted by Gasteiger charge is -2.26. The first-order chi connectivity index (χ1) is 10.6. The van der Waals surface area contributed by atoms with Crippen molar-refractivity contribution in [2.24, 2.45) is 0 Å². The first-order valence-electron chi connectivity index (χ1n) is 8.14. The van der Waals surface area contributed by atoms with E-state index >= 15 is 0 Å². The summed E-state index contributed by atoms with van der Waals surface area (Å²) in [5, 5.41) is 3.01. The smallest absolute Gasteiger partial charge is 0.318 e. The van der Waals surface area contributed by atoms with Gasteiger partial charge in [-0.1, -0.05) is 12.1 Å². The molecule has 1 aromatic carbocycles. The molecule has 5 heteroatoms. The van der Waals surface area contributed by atoms with Crippen LogP contribution in [0.4, 0.5) is 4.79 Å². The summed E-state index contributed by atoms with van der Waals surface area (Å²) in [6.45, 7) is 7.78. The van der Waals surface area contributed by atoms with Crippen LogP contribution in [-0.2, 0) is 6.54 Å². The summed E-state index contributed by atoms with van der Waals surface area (Å²) in [5.74, 6) is 1.01. The molecule has 1 N–H and O–H groups in total. The van der Waals surface area contributed by atoms with Crippen LogP contribution in [0.5, 0.6) is 0 Å². The minimum atomic E-state index is 0.0206. The zero-order valence-electron chi connectivity index (χ0n) is 13.5. The van der Waals surface area contributed by atoms with Gasteiger partial charge in [-0.15, -0.1) is 0 Å². The SMILES string of the molecule is CCn1c([C@H]2CCCN2C(=O)NC(C)C)nc2ccccc21. The largest absolute Gasteiger partial charge is 0.336 e. The molecule has 1 fully saturated rings. The number of aromatic nitrogens is 2. The Balaban J connectivity index is 1.97. The number of carbonyl (C=O) groups is 1. The summed E-state index contributed by atoms with van der Waals surface area (Å²) in [4.78, 5) is 19.2. The maximum absolute atomic E-state index is 12.4. The lowest BCUT2D eigenvalue weighted by molar-refractivity contribution is 0.187. The Morgan fingerprint density at radius 2 is 2.18 bits per heavy atom. The number of nitrogens with one attached hydrogen (secondary N) is 1. The molecule has 22 heavy (non-hydrogen) atoms. The number of carbonyl (C=O) groups excluding carboxylic acids is 1. The standard InChI is InChI=1S/C17H24N4O/c1-4-20-14-9-6-5-8-13(14)19-16(20)15-10-7-11-21(15)17(22)18-12(2)3/h5-6,8-9,12,15H,4,7,10-11H2,1-3H3,(H,18,22)/t15-/m1/s1. The van der Waals surface area contributed by atoms with Gasteiger partial charge in [0.1, 0.15) is 5.82 Å². The second kappa shape index (κ2) is 5.99. The van der Waals surface area contributed by atoms with Crippen LogP contribution in [0.3, 0.4) is 0 Å².